The SMILES string of the molecule is CC.CCC(=O)c1ccc(O)cc1CC. The summed E-state index contributed by atoms with van der Waals surface area (Å²) in [6.07, 6.45) is 1.28. The quantitative estimate of drug-likeness (QED) is 0.771. The van der Waals surface area contributed by atoms with Crippen LogP contribution in [0, 0.1) is 0 Å². The van der Waals surface area contributed by atoms with E-state index < -0.39 is 0 Å². The number of carbonyl (C=O) groups is 1. The number of ketones is 1. The van der Waals surface area contributed by atoms with Gasteiger partial charge in [-0.2, -0.15) is 0 Å². The van der Waals surface area contributed by atoms with Crippen LogP contribution < -0.4 is 0 Å². The molecule has 1 N–H and O–H groups in total. The summed E-state index contributed by atoms with van der Waals surface area (Å²) < 4.78 is 0. The lowest BCUT2D eigenvalue weighted by molar-refractivity contribution is 0.0987. The van der Waals surface area contributed by atoms with Crippen LogP contribution in [0.25, 0.3) is 0 Å². The van der Waals surface area contributed by atoms with Crippen LogP contribution in [0.4, 0.5) is 0 Å². The summed E-state index contributed by atoms with van der Waals surface area (Å²) >= 11 is 0. The Hall–Kier alpha value is -1.31. The monoisotopic (exact) mass is 208 g/mol. The van der Waals surface area contributed by atoms with E-state index in [-0.39, 0.29) is 11.5 Å². The molecule has 0 saturated heterocycles. The Balaban J connectivity index is 0.000000921. The van der Waals surface area contributed by atoms with Crippen LogP contribution in [0.2, 0.25) is 0 Å². The molecule has 0 radical (unpaired) electrons. The van der Waals surface area contributed by atoms with Crippen molar-refractivity contribution in [2.75, 3.05) is 0 Å². The normalized spacial score (nSPS) is 9.07. The predicted molar refractivity (Wildman–Crippen MR) is 63.5 cm³/mol. The van der Waals surface area contributed by atoms with Gasteiger partial charge in [0.1, 0.15) is 5.75 Å². The number of hydrogen-bond donors (Lipinski definition) is 1. The number of phenolic OH excluding ortho intramolecular Hbond substituents is 1. The van der Waals surface area contributed by atoms with Gasteiger partial charge in [0.05, 0.1) is 0 Å². The summed E-state index contributed by atoms with van der Waals surface area (Å²) in [4.78, 5) is 11.4. The summed E-state index contributed by atoms with van der Waals surface area (Å²) in [5.41, 5.74) is 1.66. The second kappa shape index (κ2) is 7.04. The Morgan fingerprint density at radius 3 is 2.33 bits per heavy atom. The highest BCUT2D eigenvalue weighted by molar-refractivity contribution is 5.97. The van der Waals surface area contributed by atoms with Gasteiger partial charge in [-0.3, -0.25) is 4.79 Å². The molecule has 0 aromatic heterocycles. The molecule has 1 aromatic carbocycles. The van der Waals surface area contributed by atoms with Gasteiger partial charge < -0.3 is 5.11 Å². The van der Waals surface area contributed by atoms with Crippen LogP contribution in [0.15, 0.2) is 18.2 Å². The molecule has 0 amide bonds. The molecular weight excluding hydrogens is 188 g/mol. The van der Waals surface area contributed by atoms with Gasteiger partial charge in [0.2, 0.25) is 0 Å². The summed E-state index contributed by atoms with van der Waals surface area (Å²) in [5.74, 6) is 0.362. The third-order valence-electron chi connectivity index (χ3n) is 2.09. The van der Waals surface area contributed by atoms with Crippen molar-refractivity contribution in [3.8, 4) is 5.75 Å². The highest BCUT2D eigenvalue weighted by Crippen LogP contribution is 2.18. The van der Waals surface area contributed by atoms with Gasteiger partial charge in [-0.1, -0.05) is 27.7 Å². The third-order valence-corrected chi connectivity index (χ3v) is 2.09. The zero-order valence-electron chi connectivity index (χ0n) is 10.0. The van der Waals surface area contributed by atoms with Crippen molar-refractivity contribution >= 4 is 5.78 Å². The Morgan fingerprint density at radius 2 is 1.87 bits per heavy atom. The molecule has 0 heterocycles. The Labute approximate surface area is 91.9 Å². The lowest BCUT2D eigenvalue weighted by atomic mass is 10.00. The maximum absolute atomic E-state index is 11.4. The van der Waals surface area contributed by atoms with E-state index in [2.05, 4.69) is 0 Å². The first-order chi connectivity index (χ1) is 7.19. The largest absolute Gasteiger partial charge is 0.508 e. The van der Waals surface area contributed by atoms with Crippen LogP contribution in [-0.4, -0.2) is 10.9 Å². The minimum absolute atomic E-state index is 0.136. The number of benzene rings is 1. The Kier molecular flexibility index (Phi) is 6.43. The predicted octanol–water partition coefficient (Wildman–Crippen LogP) is 3.57. The Bertz CT molecular complexity index is 316. The van der Waals surface area contributed by atoms with Gasteiger partial charge >= 0.3 is 0 Å². The first kappa shape index (κ1) is 13.7. The molecule has 0 fully saturated rings. The van der Waals surface area contributed by atoms with E-state index in [0.29, 0.717) is 6.42 Å². The zero-order valence-corrected chi connectivity index (χ0v) is 10.0. The van der Waals surface area contributed by atoms with Crippen molar-refractivity contribution in [2.24, 2.45) is 0 Å². The molecule has 1 rings (SSSR count). The number of carbonyl (C=O) groups excluding carboxylic acids is 1. The third kappa shape index (κ3) is 3.74. The molecule has 0 spiro atoms. The van der Waals surface area contributed by atoms with Gasteiger partial charge in [0, 0.05) is 12.0 Å². The fourth-order valence-corrected chi connectivity index (χ4v) is 1.34. The molecule has 0 unspecified atom stereocenters. The molecule has 2 nitrogen and oxygen atoms in total. The second-order valence-corrected chi connectivity index (χ2v) is 2.97. The lowest BCUT2D eigenvalue weighted by Crippen LogP contribution is -2.01. The number of aromatic hydroxyl groups is 1. The second-order valence-electron chi connectivity index (χ2n) is 2.97. The molecule has 15 heavy (non-hydrogen) atoms. The van der Waals surface area contributed by atoms with Gasteiger partial charge in [-0.15, -0.1) is 0 Å². The van der Waals surface area contributed by atoms with Crippen molar-refractivity contribution in [3.63, 3.8) is 0 Å². The van der Waals surface area contributed by atoms with Crippen molar-refractivity contribution in [1.29, 1.82) is 0 Å². The fourth-order valence-electron chi connectivity index (χ4n) is 1.34. The first-order valence-corrected chi connectivity index (χ1v) is 5.54. The van der Waals surface area contributed by atoms with E-state index >= 15 is 0 Å². The fraction of sp³-hybridized carbons (Fsp3) is 0.462. The van der Waals surface area contributed by atoms with E-state index in [4.69, 9.17) is 0 Å². The molecular formula is C13H20O2. The van der Waals surface area contributed by atoms with Crippen LogP contribution in [0.5, 0.6) is 5.75 Å². The van der Waals surface area contributed by atoms with Gasteiger partial charge in [-0.25, -0.2) is 0 Å². The van der Waals surface area contributed by atoms with E-state index in [0.717, 1.165) is 17.5 Å². The number of aryl methyl sites for hydroxylation is 1. The first-order valence-electron chi connectivity index (χ1n) is 5.54. The van der Waals surface area contributed by atoms with Gasteiger partial charge in [0.25, 0.3) is 0 Å². The number of phenols is 1. The maximum atomic E-state index is 11.4. The summed E-state index contributed by atoms with van der Waals surface area (Å²) in [6.45, 7) is 7.82. The summed E-state index contributed by atoms with van der Waals surface area (Å²) in [7, 11) is 0. The molecule has 1 aromatic rings. The highest BCUT2D eigenvalue weighted by Gasteiger charge is 2.08. The average molecular weight is 208 g/mol. The van der Waals surface area contributed by atoms with Crippen molar-refractivity contribution in [2.45, 2.75) is 40.5 Å². The minimum Gasteiger partial charge on any atom is -0.508 e. The molecule has 0 aliphatic heterocycles. The van der Waals surface area contributed by atoms with Crippen LogP contribution in [-0.2, 0) is 6.42 Å². The molecule has 0 aliphatic carbocycles. The van der Waals surface area contributed by atoms with Crippen molar-refractivity contribution in [3.05, 3.63) is 29.3 Å². The van der Waals surface area contributed by atoms with Gasteiger partial charge in [0.15, 0.2) is 5.78 Å². The summed E-state index contributed by atoms with van der Waals surface area (Å²) in [6, 6.07) is 4.91. The maximum Gasteiger partial charge on any atom is 0.162 e. The smallest absolute Gasteiger partial charge is 0.162 e. The molecule has 0 bridgehead atoms. The van der Waals surface area contributed by atoms with Crippen LogP contribution in [0.1, 0.15) is 50.0 Å². The standard InChI is InChI=1S/C11H14O2.C2H6/c1-3-8-7-9(12)5-6-10(8)11(13)4-2;1-2/h5-7,12H,3-4H2,1-2H3;1-2H3. The van der Waals surface area contributed by atoms with E-state index in [1.54, 1.807) is 18.2 Å². The highest BCUT2D eigenvalue weighted by atomic mass is 16.3. The number of hydrogen-bond acceptors (Lipinski definition) is 2. The molecule has 0 aliphatic rings. The molecule has 84 valence electrons. The van der Waals surface area contributed by atoms with Crippen molar-refractivity contribution < 1.29 is 9.90 Å². The number of rotatable bonds is 3. The lowest BCUT2D eigenvalue weighted by Gasteiger charge is -2.05. The van der Waals surface area contributed by atoms with Gasteiger partial charge in [-0.05, 0) is 30.2 Å². The molecule has 0 atom stereocenters. The van der Waals surface area contributed by atoms with E-state index in [1.807, 2.05) is 27.7 Å². The molecule has 2 heteroatoms. The minimum atomic E-state index is 0.136. The topological polar surface area (TPSA) is 37.3 Å². The molecule has 0 saturated carbocycles. The Morgan fingerprint density at radius 1 is 1.27 bits per heavy atom. The van der Waals surface area contributed by atoms with E-state index in [9.17, 15) is 9.90 Å². The summed E-state index contributed by atoms with van der Waals surface area (Å²) in [5, 5.41) is 9.21. The average Bonchev–Trinajstić information content (AvgIpc) is 2.30. The van der Waals surface area contributed by atoms with Crippen LogP contribution >= 0.6 is 0 Å². The number of Topliss-reactive ketones (excluding diaryl/α,β-unsaturated/α-hetero) is 1. The van der Waals surface area contributed by atoms with E-state index in [1.165, 1.54) is 0 Å². The van der Waals surface area contributed by atoms with Crippen molar-refractivity contribution in [1.82, 2.24) is 0 Å². The van der Waals surface area contributed by atoms with Crippen LogP contribution in [0.3, 0.4) is 0 Å². The zero-order chi connectivity index (χ0) is 11.8.